The maximum atomic E-state index is 14.0. The molecule has 1 aromatic heterocycles. The van der Waals surface area contributed by atoms with E-state index in [0.717, 1.165) is 28.7 Å². The molecule has 1 amide bonds. The number of halogens is 1. The van der Waals surface area contributed by atoms with Gasteiger partial charge in [-0.3, -0.25) is 4.79 Å². The molecule has 112 valence electrons. The zero-order chi connectivity index (χ0) is 15.9. The van der Waals surface area contributed by atoms with Crippen molar-refractivity contribution in [3.63, 3.8) is 0 Å². The molecule has 22 heavy (non-hydrogen) atoms. The number of rotatable bonds is 2. The second-order valence-electron chi connectivity index (χ2n) is 4.98. The van der Waals surface area contributed by atoms with Crippen molar-refractivity contribution in [1.82, 2.24) is 4.57 Å². The normalized spacial score (nSPS) is 16.4. The Morgan fingerprint density at radius 1 is 1.32 bits per heavy atom. The van der Waals surface area contributed by atoms with Crippen LogP contribution in [-0.4, -0.2) is 15.6 Å². The number of aromatic nitrogens is 1. The molecule has 3 rings (SSSR count). The number of aryl methyl sites for hydroxylation is 1. The summed E-state index contributed by atoms with van der Waals surface area (Å²) in [6.07, 6.45) is 1.75. The van der Waals surface area contributed by atoms with Gasteiger partial charge in [-0.25, -0.2) is 4.39 Å². The second kappa shape index (κ2) is 5.46. The first-order valence-corrected chi connectivity index (χ1v) is 7.51. The lowest BCUT2D eigenvalue weighted by Gasteiger charge is -2.10. The van der Waals surface area contributed by atoms with Crippen molar-refractivity contribution < 1.29 is 9.18 Å². The highest BCUT2D eigenvalue weighted by molar-refractivity contribution is 8.18. The number of nitrogens with zero attached hydrogens (tertiary/aromatic N) is 2. The van der Waals surface area contributed by atoms with E-state index in [-0.39, 0.29) is 16.9 Å². The quantitative estimate of drug-likeness (QED) is 0.866. The molecule has 2 heterocycles. The molecule has 1 aromatic carbocycles. The lowest BCUT2D eigenvalue weighted by atomic mass is 10.2. The van der Waals surface area contributed by atoms with Crippen LogP contribution in [0.5, 0.6) is 0 Å². The van der Waals surface area contributed by atoms with Crippen LogP contribution in [-0.2, 0) is 4.79 Å². The van der Waals surface area contributed by atoms with Crippen molar-refractivity contribution in [2.75, 3.05) is 0 Å². The van der Waals surface area contributed by atoms with Gasteiger partial charge in [0.1, 0.15) is 5.82 Å². The van der Waals surface area contributed by atoms with Crippen LogP contribution in [0.25, 0.3) is 11.8 Å². The summed E-state index contributed by atoms with van der Waals surface area (Å²) in [5, 5.41) is 0.249. The standard InChI is InChI=1S/C16H14FN3OS/c1-9-7-11(8-14-15(21)19-16(18)22-14)10(2)20(9)13-6-4-3-5-12(13)17/h3-8H,1-2H3,(H2,18,19,21). The highest BCUT2D eigenvalue weighted by Gasteiger charge is 2.21. The van der Waals surface area contributed by atoms with E-state index in [2.05, 4.69) is 4.99 Å². The molecular formula is C16H14FN3OS. The summed E-state index contributed by atoms with van der Waals surface area (Å²) in [5.74, 6) is -0.624. The molecule has 0 atom stereocenters. The van der Waals surface area contributed by atoms with Crippen LogP contribution < -0.4 is 5.73 Å². The van der Waals surface area contributed by atoms with E-state index in [1.807, 2.05) is 24.5 Å². The number of amides is 1. The molecule has 0 bridgehead atoms. The van der Waals surface area contributed by atoms with Crippen molar-refractivity contribution in [3.8, 4) is 5.69 Å². The molecular weight excluding hydrogens is 301 g/mol. The van der Waals surface area contributed by atoms with Gasteiger partial charge in [0, 0.05) is 11.4 Å². The van der Waals surface area contributed by atoms with E-state index in [1.54, 1.807) is 24.3 Å². The lowest BCUT2D eigenvalue weighted by Crippen LogP contribution is -2.01. The molecule has 1 aliphatic rings. The number of benzene rings is 1. The Morgan fingerprint density at radius 3 is 2.68 bits per heavy atom. The Morgan fingerprint density at radius 2 is 2.05 bits per heavy atom. The molecule has 0 fully saturated rings. The fourth-order valence-corrected chi connectivity index (χ4v) is 3.18. The number of amidine groups is 1. The van der Waals surface area contributed by atoms with E-state index in [4.69, 9.17) is 5.73 Å². The third-order valence-corrected chi connectivity index (χ3v) is 4.30. The van der Waals surface area contributed by atoms with Crippen LogP contribution in [0.2, 0.25) is 0 Å². The lowest BCUT2D eigenvalue weighted by molar-refractivity contribution is -0.113. The van der Waals surface area contributed by atoms with Crippen molar-refractivity contribution in [1.29, 1.82) is 0 Å². The summed E-state index contributed by atoms with van der Waals surface area (Å²) >= 11 is 1.15. The first kappa shape index (κ1) is 14.6. The summed E-state index contributed by atoms with van der Waals surface area (Å²) in [6.45, 7) is 3.79. The summed E-state index contributed by atoms with van der Waals surface area (Å²) in [5.41, 5.74) is 8.63. The average molecular weight is 315 g/mol. The molecule has 0 radical (unpaired) electrons. The predicted octanol–water partition coefficient (Wildman–Crippen LogP) is 3.16. The van der Waals surface area contributed by atoms with Gasteiger partial charge in [0.05, 0.1) is 10.6 Å². The zero-order valence-corrected chi connectivity index (χ0v) is 12.9. The zero-order valence-electron chi connectivity index (χ0n) is 12.1. The molecule has 0 spiro atoms. The first-order chi connectivity index (χ1) is 10.5. The highest BCUT2D eigenvalue weighted by Crippen LogP contribution is 2.29. The summed E-state index contributed by atoms with van der Waals surface area (Å²) < 4.78 is 15.9. The van der Waals surface area contributed by atoms with Gasteiger partial charge in [-0.15, -0.1) is 0 Å². The second-order valence-corrected chi connectivity index (χ2v) is 6.04. The molecule has 0 saturated carbocycles. The van der Waals surface area contributed by atoms with E-state index >= 15 is 0 Å². The van der Waals surface area contributed by atoms with Crippen LogP contribution in [0.1, 0.15) is 17.0 Å². The van der Waals surface area contributed by atoms with E-state index in [1.165, 1.54) is 6.07 Å². The van der Waals surface area contributed by atoms with Crippen molar-refractivity contribution in [2.45, 2.75) is 13.8 Å². The van der Waals surface area contributed by atoms with Gasteiger partial charge in [-0.1, -0.05) is 12.1 Å². The number of aliphatic imine (C=N–C) groups is 1. The predicted molar refractivity (Wildman–Crippen MR) is 87.4 cm³/mol. The largest absolute Gasteiger partial charge is 0.378 e. The SMILES string of the molecule is Cc1cc(C=C2SC(N)=NC2=O)c(C)n1-c1ccccc1F. The summed E-state index contributed by atoms with van der Waals surface area (Å²) in [7, 11) is 0. The van der Waals surface area contributed by atoms with E-state index < -0.39 is 0 Å². The number of para-hydroxylation sites is 1. The minimum atomic E-state index is -0.335. The average Bonchev–Trinajstić information content (AvgIpc) is 2.91. The fraction of sp³-hybridized carbons (Fsp3) is 0.125. The number of nitrogens with two attached hydrogens (primary N) is 1. The Kier molecular flexibility index (Phi) is 3.62. The molecule has 2 N–H and O–H groups in total. The minimum Gasteiger partial charge on any atom is -0.378 e. The number of carbonyl (C=O) groups excluding carboxylic acids is 1. The number of hydrogen-bond acceptors (Lipinski definition) is 3. The fourth-order valence-electron chi connectivity index (χ4n) is 2.50. The van der Waals surface area contributed by atoms with Crippen molar-refractivity contribution >= 4 is 28.9 Å². The number of hydrogen-bond donors (Lipinski definition) is 1. The van der Waals surface area contributed by atoms with Gasteiger partial charge in [0.25, 0.3) is 5.91 Å². The van der Waals surface area contributed by atoms with E-state index in [0.29, 0.717) is 10.6 Å². The molecule has 0 unspecified atom stereocenters. The molecule has 1 aliphatic heterocycles. The van der Waals surface area contributed by atoms with Gasteiger partial charge in [0.15, 0.2) is 5.17 Å². The summed E-state index contributed by atoms with van der Waals surface area (Å²) in [6, 6.07) is 8.52. The summed E-state index contributed by atoms with van der Waals surface area (Å²) in [4.78, 5) is 15.9. The molecule has 6 heteroatoms. The topological polar surface area (TPSA) is 60.4 Å². The molecule has 0 aliphatic carbocycles. The third kappa shape index (κ3) is 2.46. The molecule has 2 aromatic rings. The Labute approximate surface area is 131 Å². The minimum absolute atomic E-state index is 0.249. The monoisotopic (exact) mass is 315 g/mol. The van der Waals surface area contributed by atoms with E-state index in [9.17, 15) is 9.18 Å². The number of thioether (sulfide) groups is 1. The Balaban J connectivity index is 2.07. The van der Waals surface area contributed by atoms with Gasteiger partial charge in [0.2, 0.25) is 0 Å². The highest BCUT2D eigenvalue weighted by atomic mass is 32.2. The van der Waals surface area contributed by atoms with Crippen LogP contribution in [0, 0.1) is 19.7 Å². The smallest absolute Gasteiger partial charge is 0.286 e. The molecule has 0 saturated heterocycles. The van der Waals surface area contributed by atoms with Crippen LogP contribution in [0.4, 0.5) is 4.39 Å². The maximum Gasteiger partial charge on any atom is 0.286 e. The maximum absolute atomic E-state index is 14.0. The number of carbonyl (C=O) groups is 1. The van der Waals surface area contributed by atoms with Crippen LogP contribution in [0.15, 0.2) is 40.2 Å². The first-order valence-electron chi connectivity index (χ1n) is 6.69. The Bertz CT molecular complexity index is 836. The van der Waals surface area contributed by atoms with Gasteiger partial charge in [-0.2, -0.15) is 4.99 Å². The Hall–Kier alpha value is -2.34. The van der Waals surface area contributed by atoms with Gasteiger partial charge in [-0.05, 0) is 55.4 Å². The van der Waals surface area contributed by atoms with Crippen LogP contribution in [0.3, 0.4) is 0 Å². The van der Waals surface area contributed by atoms with Crippen LogP contribution >= 0.6 is 11.8 Å². The van der Waals surface area contributed by atoms with Crippen molar-refractivity contribution in [3.05, 3.63) is 58.0 Å². The van der Waals surface area contributed by atoms with Gasteiger partial charge < -0.3 is 10.3 Å². The van der Waals surface area contributed by atoms with Crippen molar-refractivity contribution in [2.24, 2.45) is 10.7 Å². The third-order valence-electron chi connectivity index (χ3n) is 3.49. The molecule has 4 nitrogen and oxygen atoms in total. The van der Waals surface area contributed by atoms with Gasteiger partial charge >= 0.3 is 0 Å².